The molecule has 0 saturated carbocycles. The number of hydrogen-bond acceptors (Lipinski definition) is 7. The molecule has 3 aromatic rings. The van der Waals surface area contributed by atoms with E-state index in [2.05, 4.69) is 11.7 Å². The second-order valence-electron chi connectivity index (χ2n) is 11.7. The molecule has 0 bridgehead atoms. The Morgan fingerprint density at radius 3 is 1.88 bits per heavy atom. The average molecular weight is 711 g/mol. The maximum absolute atomic E-state index is 14.7. The van der Waals surface area contributed by atoms with Crippen LogP contribution in [0.4, 0.5) is 26.3 Å². The maximum Gasteiger partial charge on any atom is 0.465 e. The van der Waals surface area contributed by atoms with E-state index in [-0.39, 0.29) is 29.4 Å². The minimum absolute atomic E-state index is 0.0611. The van der Waals surface area contributed by atoms with Crippen LogP contribution in [0.1, 0.15) is 92.4 Å². The van der Waals surface area contributed by atoms with Crippen molar-refractivity contribution in [3.8, 4) is 22.6 Å². The fraction of sp³-hybridized carbons (Fsp3) is 0.432. The third kappa shape index (κ3) is 12.1. The van der Waals surface area contributed by atoms with Gasteiger partial charge in [-0.3, -0.25) is 0 Å². The van der Waals surface area contributed by atoms with Crippen molar-refractivity contribution < 1.29 is 59.7 Å². The Hall–Kier alpha value is -4.55. The minimum atomic E-state index is -5.99. The number of alkyl halides is 5. The molecule has 0 radical (unpaired) electrons. The molecule has 1 atom stereocenters. The van der Waals surface area contributed by atoms with Gasteiger partial charge in [0, 0.05) is 6.07 Å². The molecule has 0 fully saturated rings. The molecule has 13 heteroatoms. The van der Waals surface area contributed by atoms with E-state index in [4.69, 9.17) is 14.2 Å². The van der Waals surface area contributed by atoms with Crippen molar-refractivity contribution in [3.05, 3.63) is 83.7 Å². The largest absolute Gasteiger partial charge is 0.494 e. The predicted octanol–water partition coefficient (Wildman–Crippen LogP) is 9.91. The molecule has 0 amide bonds. The minimum Gasteiger partial charge on any atom is -0.494 e. The van der Waals surface area contributed by atoms with Crippen molar-refractivity contribution in [2.75, 3.05) is 13.2 Å². The van der Waals surface area contributed by atoms with E-state index in [0.717, 1.165) is 42.9 Å². The van der Waals surface area contributed by atoms with Crippen molar-refractivity contribution in [3.63, 3.8) is 0 Å². The van der Waals surface area contributed by atoms with Gasteiger partial charge in [0.1, 0.15) is 17.3 Å². The summed E-state index contributed by atoms with van der Waals surface area (Å²) in [4.78, 5) is 36.1. The highest BCUT2D eigenvalue weighted by molar-refractivity contribution is 5.92. The molecule has 0 saturated heterocycles. The van der Waals surface area contributed by atoms with Crippen molar-refractivity contribution in [2.24, 2.45) is 0 Å². The van der Waals surface area contributed by atoms with E-state index in [1.807, 2.05) is 12.1 Å². The first-order chi connectivity index (χ1) is 23.7. The lowest BCUT2D eigenvalue weighted by atomic mass is 10.0. The second kappa shape index (κ2) is 19.0. The lowest BCUT2D eigenvalue weighted by Crippen LogP contribution is -2.45. The van der Waals surface area contributed by atoms with Crippen LogP contribution >= 0.6 is 0 Å². The monoisotopic (exact) mass is 710 g/mol. The highest BCUT2D eigenvalue weighted by Gasteiger charge is 2.64. The van der Waals surface area contributed by atoms with Gasteiger partial charge in [-0.25, -0.2) is 18.8 Å². The van der Waals surface area contributed by atoms with Crippen LogP contribution in [-0.2, 0) is 14.3 Å². The van der Waals surface area contributed by atoms with Crippen molar-refractivity contribution in [1.29, 1.82) is 0 Å². The molecule has 0 aliphatic heterocycles. The van der Waals surface area contributed by atoms with Gasteiger partial charge in [0.15, 0.2) is 0 Å². The van der Waals surface area contributed by atoms with Gasteiger partial charge in [0.2, 0.25) is 0 Å². The van der Waals surface area contributed by atoms with Gasteiger partial charge in [-0.05, 0) is 93.0 Å². The second-order valence-corrected chi connectivity index (χ2v) is 11.7. The van der Waals surface area contributed by atoms with Crippen LogP contribution < -0.4 is 9.47 Å². The predicted molar refractivity (Wildman–Crippen MR) is 173 cm³/mol. The first kappa shape index (κ1) is 39.9. The zero-order valence-electron chi connectivity index (χ0n) is 27.8. The summed E-state index contributed by atoms with van der Waals surface area (Å²) >= 11 is 0. The maximum atomic E-state index is 14.7. The Bertz CT molecular complexity index is 1540. The summed E-state index contributed by atoms with van der Waals surface area (Å²) in [5.74, 6) is -9.96. The molecule has 3 rings (SSSR count). The Balaban J connectivity index is 1.39. The quantitative estimate of drug-likeness (QED) is 0.0530. The van der Waals surface area contributed by atoms with E-state index < -0.39 is 42.4 Å². The highest BCUT2D eigenvalue weighted by atomic mass is 19.4. The summed E-state index contributed by atoms with van der Waals surface area (Å²) in [6.07, 6.45) is 0.232. The molecule has 3 aromatic carbocycles. The van der Waals surface area contributed by atoms with Gasteiger partial charge in [-0.15, -0.1) is 0 Å². The van der Waals surface area contributed by atoms with Gasteiger partial charge >= 0.3 is 30.0 Å². The van der Waals surface area contributed by atoms with Gasteiger partial charge in [-0.2, -0.15) is 22.0 Å². The first-order valence-electron chi connectivity index (χ1n) is 16.4. The van der Waals surface area contributed by atoms with Crippen LogP contribution in [-0.4, -0.2) is 49.3 Å². The fourth-order valence-corrected chi connectivity index (χ4v) is 4.72. The number of ether oxygens (including phenoxy) is 4. The number of carbonyl (C=O) groups is 3. The average Bonchev–Trinajstić information content (AvgIpc) is 3.07. The molecule has 7 nitrogen and oxygen atoms in total. The smallest absolute Gasteiger partial charge is 0.465 e. The standard InChI is InChI=1S/C37H40F6O7/c1-3-4-5-8-11-25(2)49-34(45)31-21-20-30(24-32(31)38)50-33(44)28-14-12-26(13-15-28)27-16-18-29(19-17-27)47-22-9-6-7-10-23-48-35(46)36(39,40)37(41,42)43/h12-21,24-25H,3-11,22-23H2,1-2H3/t25-/m0/s1. The topological polar surface area (TPSA) is 88.1 Å². The molecule has 0 unspecified atom stereocenters. The molecule has 0 aliphatic rings. The summed E-state index contributed by atoms with van der Waals surface area (Å²) in [7, 11) is 0. The number of benzene rings is 3. The molecular formula is C37H40F6O7. The summed E-state index contributed by atoms with van der Waals surface area (Å²) in [6, 6.07) is 17.2. The number of unbranched alkanes of at least 4 members (excludes halogenated alkanes) is 6. The van der Waals surface area contributed by atoms with E-state index in [0.29, 0.717) is 38.0 Å². The number of hydrogen-bond donors (Lipinski definition) is 0. The summed E-state index contributed by atoms with van der Waals surface area (Å²) in [5, 5.41) is 0. The normalized spacial score (nSPS) is 12.2. The van der Waals surface area contributed by atoms with Crippen molar-refractivity contribution >= 4 is 17.9 Å². The van der Waals surface area contributed by atoms with Crippen LogP contribution in [0.2, 0.25) is 0 Å². The van der Waals surface area contributed by atoms with Crippen molar-refractivity contribution in [2.45, 2.75) is 89.8 Å². The SMILES string of the molecule is CCCCCC[C@H](C)OC(=O)c1ccc(OC(=O)c2ccc(-c3ccc(OCCCCCCOC(=O)C(F)(F)C(F)(F)F)cc3)cc2)cc1F. The zero-order valence-corrected chi connectivity index (χ0v) is 27.8. The van der Waals surface area contributed by atoms with Crippen molar-refractivity contribution in [1.82, 2.24) is 0 Å². The lowest BCUT2D eigenvalue weighted by molar-refractivity contribution is -0.280. The highest BCUT2D eigenvalue weighted by Crippen LogP contribution is 2.36. The Labute approximate surface area is 286 Å². The molecule has 0 heterocycles. The summed E-state index contributed by atoms with van der Waals surface area (Å²) in [5.41, 5.74) is 1.62. The number of esters is 3. The summed E-state index contributed by atoms with van der Waals surface area (Å²) in [6.45, 7) is 3.66. The van der Waals surface area contributed by atoms with Crippen LogP contribution in [0.15, 0.2) is 66.7 Å². The molecule has 50 heavy (non-hydrogen) atoms. The van der Waals surface area contributed by atoms with Crippen LogP contribution in [0.25, 0.3) is 11.1 Å². The van der Waals surface area contributed by atoms with Gasteiger partial charge in [-0.1, -0.05) is 50.5 Å². The Morgan fingerprint density at radius 2 is 1.28 bits per heavy atom. The molecular weight excluding hydrogens is 670 g/mol. The molecule has 0 aromatic heterocycles. The Kier molecular flexibility index (Phi) is 15.2. The number of halogens is 6. The van der Waals surface area contributed by atoms with Crippen LogP contribution in [0, 0.1) is 5.82 Å². The number of rotatable bonds is 19. The Morgan fingerprint density at radius 1 is 0.700 bits per heavy atom. The lowest BCUT2D eigenvalue weighted by Gasteiger charge is -2.17. The first-order valence-corrected chi connectivity index (χ1v) is 16.4. The van der Waals surface area contributed by atoms with E-state index in [1.54, 1.807) is 43.3 Å². The third-order valence-electron chi connectivity index (χ3n) is 7.60. The van der Waals surface area contributed by atoms with Gasteiger partial charge < -0.3 is 18.9 Å². The zero-order chi connectivity index (χ0) is 36.7. The van der Waals surface area contributed by atoms with E-state index >= 15 is 0 Å². The third-order valence-corrected chi connectivity index (χ3v) is 7.60. The number of carbonyl (C=O) groups excluding carboxylic acids is 3. The van der Waals surface area contributed by atoms with Crippen LogP contribution in [0.5, 0.6) is 11.5 Å². The molecule has 0 N–H and O–H groups in total. The summed E-state index contributed by atoms with van der Waals surface area (Å²) < 4.78 is 97.2. The fourth-order valence-electron chi connectivity index (χ4n) is 4.72. The van der Waals surface area contributed by atoms with Crippen LogP contribution in [0.3, 0.4) is 0 Å². The van der Waals surface area contributed by atoms with E-state index in [9.17, 15) is 40.7 Å². The molecule has 272 valence electrons. The molecule has 0 aliphatic carbocycles. The van der Waals surface area contributed by atoms with Gasteiger partial charge in [0.05, 0.1) is 30.4 Å². The van der Waals surface area contributed by atoms with Gasteiger partial charge in [0.25, 0.3) is 0 Å². The van der Waals surface area contributed by atoms with E-state index in [1.165, 1.54) is 12.1 Å². The molecule has 0 spiro atoms.